The van der Waals surface area contributed by atoms with Gasteiger partial charge in [-0.15, -0.1) is 0 Å². The molecule has 0 saturated carbocycles. The summed E-state index contributed by atoms with van der Waals surface area (Å²) in [5, 5.41) is 10.5. The summed E-state index contributed by atoms with van der Waals surface area (Å²) in [6.07, 6.45) is 3.19. The normalized spacial score (nSPS) is 17.9. The number of carbonyl (C=O) groups is 1. The monoisotopic (exact) mass is 319 g/mol. The van der Waals surface area contributed by atoms with Gasteiger partial charge in [0.25, 0.3) is 0 Å². The van der Waals surface area contributed by atoms with E-state index in [-0.39, 0.29) is 5.97 Å². The molecule has 1 unspecified atom stereocenters. The number of nitrogens with zero attached hydrogens (tertiary/aromatic N) is 1. The van der Waals surface area contributed by atoms with Gasteiger partial charge < -0.3 is 14.7 Å². The van der Waals surface area contributed by atoms with E-state index in [2.05, 4.69) is 36.9 Å². The molecule has 0 aromatic heterocycles. The van der Waals surface area contributed by atoms with Gasteiger partial charge in [-0.1, -0.05) is 29.3 Å². The highest BCUT2D eigenvalue weighted by Gasteiger charge is 2.22. The molecule has 0 aliphatic carbocycles. The Labute approximate surface area is 139 Å². The van der Waals surface area contributed by atoms with Crippen molar-refractivity contribution in [1.82, 2.24) is 4.90 Å². The van der Waals surface area contributed by atoms with Gasteiger partial charge in [0.05, 0.1) is 13.2 Å². The minimum Gasteiger partial charge on any atom is -0.469 e. The molecule has 1 aromatic rings. The molecule has 2 rings (SSSR count). The molecule has 23 heavy (non-hydrogen) atoms. The molecular weight excluding hydrogens is 290 g/mol. The summed E-state index contributed by atoms with van der Waals surface area (Å²) >= 11 is 0. The highest BCUT2D eigenvalue weighted by molar-refractivity contribution is 5.69. The van der Waals surface area contributed by atoms with Crippen LogP contribution in [-0.2, 0) is 9.53 Å². The van der Waals surface area contributed by atoms with Crippen molar-refractivity contribution in [1.29, 1.82) is 0 Å². The molecule has 1 aromatic carbocycles. The van der Waals surface area contributed by atoms with Crippen LogP contribution in [-0.4, -0.2) is 42.7 Å². The van der Waals surface area contributed by atoms with Crippen molar-refractivity contribution in [3.63, 3.8) is 0 Å². The second kappa shape index (κ2) is 8.46. The number of piperidine rings is 1. The van der Waals surface area contributed by atoms with Crippen LogP contribution < -0.4 is 0 Å². The Balaban J connectivity index is 1.78. The van der Waals surface area contributed by atoms with Gasteiger partial charge >= 0.3 is 5.97 Å². The molecule has 4 nitrogen and oxygen atoms in total. The van der Waals surface area contributed by atoms with Gasteiger partial charge in [-0.2, -0.15) is 0 Å². The highest BCUT2D eigenvalue weighted by atomic mass is 16.5. The maximum absolute atomic E-state index is 11.2. The maximum Gasteiger partial charge on any atom is 0.305 e. The molecule has 0 amide bonds. The third-order valence-corrected chi connectivity index (χ3v) is 4.75. The first-order valence-corrected chi connectivity index (χ1v) is 8.53. The lowest BCUT2D eigenvalue weighted by Gasteiger charge is -2.33. The van der Waals surface area contributed by atoms with Crippen LogP contribution in [0.5, 0.6) is 0 Å². The number of methoxy groups -OCH3 is 1. The second-order valence-electron chi connectivity index (χ2n) is 6.80. The summed E-state index contributed by atoms with van der Waals surface area (Å²) in [5.41, 5.74) is 3.40. The number of likely N-dealkylation sites (tertiary alicyclic amines) is 1. The Morgan fingerprint density at radius 2 is 1.87 bits per heavy atom. The zero-order valence-electron chi connectivity index (χ0n) is 14.5. The van der Waals surface area contributed by atoms with Crippen LogP contribution in [0.4, 0.5) is 0 Å². The minimum absolute atomic E-state index is 0.113. The van der Waals surface area contributed by atoms with Crippen LogP contribution in [0.25, 0.3) is 0 Å². The van der Waals surface area contributed by atoms with Crippen molar-refractivity contribution >= 4 is 5.97 Å². The van der Waals surface area contributed by atoms with Crippen molar-refractivity contribution in [2.75, 3.05) is 26.7 Å². The van der Waals surface area contributed by atoms with Crippen LogP contribution in [0.3, 0.4) is 0 Å². The largest absolute Gasteiger partial charge is 0.469 e. The van der Waals surface area contributed by atoms with Gasteiger partial charge in [-0.25, -0.2) is 0 Å². The number of esters is 1. The Morgan fingerprint density at radius 3 is 2.43 bits per heavy atom. The average molecular weight is 319 g/mol. The fourth-order valence-corrected chi connectivity index (χ4v) is 3.43. The van der Waals surface area contributed by atoms with E-state index in [1.165, 1.54) is 18.2 Å². The summed E-state index contributed by atoms with van der Waals surface area (Å²) in [4.78, 5) is 13.5. The average Bonchev–Trinajstić information content (AvgIpc) is 2.53. The summed E-state index contributed by atoms with van der Waals surface area (Å²) in [7, 11) is 1.44. The van der Waals surface area contributed by atoms with Gasteiger partial charge in [0.1, 0.15) is 0 Å². The molecule has 0 radical (unpaired) electrons. The third kappa shape index (κ3) is 5.63. The fourth-order valence-electron chi connectivity index (χ4n) is 3.43. The summed E-state index contributed by atoms with van der Waals surface area (Å²) in [5.74, 6) is 0.487. The molecule has 1 heterocycles. The molecule has 1 saturated heterocycles. The molecule has 128 valence electrons. The van der Waals surface area contributed by atoms with Crippen LogP contribution >= 0.6 is 0 Å². The first-order valence-electron chi connectivity index (χ1n) is 8.53. The van der Waals surface area contributed by atoms with Crippen LogP contribution in [0.15, 0.2) is 18.2 Å². The second-order valence-corrected chi connectivity index (χ2v) is 6.80. The molecule has 1 aliphatic rings. The van der Waals surface area contributed by atoms with Crippen molar-refractivity contribution in [2.24, 2.45) is 5.92 Å². The number of hydrogen-bond donors (Lipinski definition) is 1. The van der Waals surface area contributed by atoms with Crippen molar-refractivity contribution in [3.8, 4) is 0 Å². The maximum atomic E-state index is 11.2. The fraction of sp³-hybridized carbons (Fsp3) is 0.632. The first-order chi connectivity index (χ1) is 11.0. The molecular formula is C19H29NO3. The van der Waals surface area contributed by atoms with Crippen molar-refractivity contribution in [2.45, 2.75) is 45.6 Å². The minimum atomic E-state index is -0.430. The van der Waals surface area contributed by atoms with Gasteiger partial charge in [0.15, 0.2) is 0 Å². The predicted octanol–water partition coefficient (Wildman–Crippen LogP) is 3.00. The number of benzene rings is 1. The molecule has 1 atom stereocenters. The number of rotatable bonds is 6. The number of aryl methyl sites for hydroxylation is 2. The highest BCUT2D eigenvalue weighted by Crippen LogP contribution is 2.24. The van der Waals surface area contributed by atoms with E-state index in [4.69, 9.17) is 4.74 Å². The first kappa shape index (κ1) is 18.0. The van der Waals surface area contributed by atoms with Crippen LogP contribution in [0, 0.1) is 19.8 Å². The van der Waals surface area contributed by atoms with Crippen LogP contribution in [0.2, 0.25) is 0 Å². The summed E-state index contributed by atoms with van der Waals surface area (Å²) in [6.45, 7) is 6.81. The van der Waals surface area contributed by atoms with Gasteiger partial charge in [0.2, 0.25) is 0 Å². The number of ether oxygens (including phenoxy) is 1. The van der Waals surface area contributed by atoms with Gasteiger partial charge in [0, 0.05) is 13.0 Å². The molecule has 0 spiro atoms. The third-order valence-electron chi connectivity index (χ3n) is 4.75. The van der Waals surface area contributed by atoms with Crippen molar-refractivity contribution < 1.29 is 14.6 Å². The topological polar surface area (TPSA) is 49.8 Å². The van der Waals surface area contributed by atoms with E-state index in [1.54, 1.807) is 0 Å². The van der Waals surface area contributed by atoms with E-state index in [9.17, 15) is 9.90 Å². The van der Waals surface area contributed by atoms with E-state index in [1.807, 2.05) is 0 Å². The number of hydrogen-bond acceptors (Lipinski definition) is 4. The van der Waals surface area contributed by atoms with Gasteiger partial charge in [-0.3, -0.25) is 4.79 Å². The molecule has 1 fully saturated rings. The molecule has 1 aliphatic heterocycles. The molecule has 1 N–H and O–H groups in total. The SMILES string of the molecule is COC(=O)CCC1CCN(CC(O)c2cc(C)cc(C)c2)CC1. The number of carbonyl (C=O) groups excluding carboxylic acids is 1. The van der Waals surface area contributed by atoms with E-state index in [0.29, 0.717) is 18.9 Å². The van der Waals surface area contributed by atoms with E-state index in [0.717, 1.165) is 37.9 Å². The quantitative estimate of drug-likeness (QED) is 0.819. The Morgan fingerprint density at radius 1 is 1.26 bits per heavy atom. The van der Waals surface area contributed by atoms with Crippen molar-refractivity contribution in [3.05, 3.63) is 34.9 Å². The Kier molecular flexibility index (Phi) is 6.60. The predicted molar refractivity (Wildman–Crippen MR) is 91.3 cm³/mol. The Bertz CT molecular complexity index is 501. The summed E-state index contributed by atoms with van der Waals surface area (Å²) in [6, 6.07) is 6.27. The standard InChI is InChI=1S/C19H29NO3/c1-14-10-15(2)12-17(11-14)18(21)13-20-8-6-16(7-9-20)4-5-19(22)23-3/h10-12,16,18,21H,4-9,13H2,1-3H3. The lowest BCUT2D eigenvalue weighted by Crippen LogP contribution is -2.36. The lowest BCUT2D eigenvalue weighted by atomic mass is 9.92. The number of β-amino-alcohol motifs (C(OH)–C–C–N with tert-alkyl or cyclic N) is 1. The number of aliphatic hydroxyl groups is 1. The Hall–Kier alpha value is -1.39. The zero-order valence-corrected chi connectivity index (χ0v) is 14.5. The number of aliphatic hydroxyl groups excluding tert-OH is 1. The van der Waals surface area contributed by atoms with E-state index >= 15 is 0 Å². The van der Waals surface area contributed by atoms with Crippen LogP contribution in [0.1, 0.15) is 48.5 Å². The zero-order chi connectivity index (χ0) is 16.8. The smallest absolute Gasteiger partial charge is 0.305 e. The van der Waals surface area contributed by atoms with E-state index < -0.39 is 6.10 Å². The summed E-state index contributed by atoms with van der Waals surface area (Å²) < 4.78 is 4.70. The lowest BCUT2D eigenvalue weighted by molar-refractivity contribution is -0.141. The molecule has 0 bridgehead atoms. The van der Waals surface area contributed by atoms with Gasteiger partial charge in [-0.05, 0) is 57.7 Å². The molecule has 4 heteroatoms.